The molecule has 6 heteroatoms. The van der Waals surface area contributed by atoms with E-state index in [0.717, 1.165) is 19.3 Å². The molecular formula is C13H22N4O2. The first-order valence-corrected chi connectivity index (χ1v) is 6.79. The van der Waals surface area contributed by atoms with Crippen LogP contribution in [0, 0.1) is 0 Å². The Morgan fingerprint density at radius 2 is 2.05 bits per heavy atom. The largest absolute Gasteiger partial charge is 0.490 e. The topological polar surface area (TPSA) is 84.5 Å². The Morgan fingerprint density at radius 1 is 1.37 bits per heavy atom. The fraction of sp³-hybridized carbons (Fsp3) is 0.692. The molecule has 2 rings (SSSR count). The van der Waals surface area contributed by atoms with Crippen LogP contribution in [0.1, 0.15) is 26.2 Å². The zero-order valence-electron chi connectivity index (χ0n) is 11.4. The van der Waals surface area contributed by atoms with Crippen LogP contribution in [-0.4, -0.2) is 46.9 Å². The predicted molar refractivity (Wildman–Crippen MR) is 73.3 cm³/mol. The van der Waals surface area contributed by atoms with Gasteiger partial charge < -0.3 is 20.5 Å². The monoisotopic (exact) mass is 266 g/mol. The van der Waals surface area contributed by atoms with E-state index >= 15 is 0 Å². The quantitative estimate of drug-likeness (QED) is 0.701. The smallest absolute Gasteiger partial charge is 0.225 e. The second-order valence-electron chi connectivity index (χ2n) is 5.00. The van der Waals surface area contributed by atoms with E-state index in [4.69, 9.17) is 10.5 Å². The van der Waals surface area contributed by atoms with Gasteiger partial charge >= 0.3 is 0 Å². The summed E-state index contributed by atoms with van der Waals surface area (Å²) in [6.45, 7) is 4.50. The highest BCUT2D eigenvalue weighted by atomic mass is 16.5. The maximum Gasteiger partial charge on any atom is 0.225 e. The number of unbranched alkanes of at least 4 members (excludes halogenated alkanes) is 1. The van der Waals surface area contributed by atoms with Crippen molar-refractivity contribution in [3.8, 4) is 5.75 Å². The fourth-order valence-electron chi connectivity index (χ4n) is 2.01. The minimum absolute atomic E-state index is 0.569. The molecule has 1 saturated heterocycles. The molecule has 0 atom stereocenters. The molecule has 0 amide bonds. The molecule has 3 N–H and O–H groups in total. The molecule has 0 spiro atoms. The van der Waals surface area contributed by atoms with Crippen molar-refractivity contribution in [2.45, 2.75) is 31.8 Å². The maximum atomic E-state index is 9.94. The number of anilines is 1. The maximum absolute atomic E-state index is 9.94. The van der Waals surface area contributed by atoms with Crippen LogP contribution in [0.2, 0.25) is 0 Å². The SMILES string of the molecule is CCC1(O)CN(c2ncc(OCCCCN)cn2)C1. The molecule has 1 aliphatic heterocycles. The Bertz CT molecular complexity index is 390. The van der Waals surface area contributed by atoms with Gasteiger partial charge in [-0.1, -0.05) is 6.92 Å². The number of rotatable bonds is 7. The second kappa shape index (κ2) is 6.16. The van der Waals surface area contributed by atoms with Gasteiger partial charge in [-0.2, -0.15) is 0 Å². The van der Waals surface area contributed by atoms with E-state index in [1.807, 2.05) is 11.8 Å². The lowest BCUT2D eigenvalue weighted by Gasteiger charge is -2.45. The third-order valence-corrected chi connectivity index (χ3v) is 3.39. The van der Waals surface area contributed by atoms with E-state index < -0.39 is 5.60 Å². The van der Waals surface area contributed by atoms with Crippen molar-refractivity contribution in [3.05, 3.63) is 12.4 Å². The number of β-amino-alcohol motifs (C(OH)–C–C–N with tert-alkyl or cyclic N) is 1. The van der Waals surface area contributed by atoms with E-state index in [1.165, 1.54) is 0 Å². The molecule has 6 nitrogen and oxygen atoms in total. The summed E-state index contributed by atoms with van der Waals surface area (Å²) in [4.78, 5) is 10.5. The molecule has 0 unspecified atom stereocenters. The van der Waals surface area contributed by atoms with Crippen LogP contribution in [0.4, 0.5) is 5.95 Å². The molecule has 1 fully saturated rings. The van der Waals surface area contributed by atoms with Crippen molar-refractivity contribution < 1.29 is 9.84 Å². The number of ether oxygens (including phenoxy) is 1. The summed E-state index contributed by atoms with van der Waals surface area (Å²) < 4.78 is 5.51. The van der Waals surface area contributed by atoms with E-state index in [9.17, 15) is 5.11 Å². The van der Waals surface area contributed by atoms with Crippen LogP contribution < -0.4 is 15.4 Å². The molecule has 1 aromatic heterocycles. The third-order valence-electron chi connectivity index (χ3n) is 3.39. The van der Waals surface area contributed by atoms with Crippen molar-refractivity contribution >= 4 is 5.95 Å². The van der Waals surface area contributed by atoms with Gasteiger partial charge in [-0.25, -0.2) is 9.97 Å². The zero-order valence-corrected chi connectivity index (χ0v) is 11.4. The summed E-state index contributed by atoms with van der Waals surface area (Å²) in [5, 5.41) is 9.94. The number of hydrogen-bond donors (Lipinski definition) is 2. The van der Waals surface area contributed by atoms with Gasteiger partial charge in [0.05, 0.1) is 37.7 Å². The lowest BCUT2D eigenvalue weighted by molar-refractivity contribution is 0.00755. The van der Waals surface area contributed by atoms with E-state index in [0.29, 0.717) is 37.9 Å². The average Bonchev–Trinajstić information content (AvgIpc) is 2.41. The summed E-state index contributed by atoms with van der Waals surface area (Å²) in [6, 6.07) is 0. The lowest BCUT2D eigenvalue weighted by atomic mass is 9.92. The Morgan fingerprint density at radius 3 is 2.63 bits per heavy atom. The first-order chi connectivity index (χ1) is 9.17. The Labute approximate surface area is 113 Å². The molecule has 106 valence electrons. The fourth-order valence-corrected chi connectivity index (χ4v) is 2.01. The molecule has 1 aliphatic rings. The molecular weight excluding hydrogens is 244 g/mol. The molecule has 0 bridgehead atoms. The number of nitrogens with zero attached hydrogens (tertiary/aromatic N) is 3. The highest BCUT2D eigenvalue weighted by molar-refractivity contribution is 5.37. The summed E-state index contributed by atoms with van der Waals surface area (Å²) in [5.41, 5.74) is 4.84. The van der Waals surface area contributed by atoms with E-state index in [2.05, 4.69) is 9.97 Å². The van der Waals surface area contributed by atoms with Crippen molar-refractivity contribution in [2.24, 2.45) is 5.73 Å². The summed E-state index contributed by atoms with van der Waals surface area (Å²) >= 11 is 0. The van der Waals surface area contributed by atoms with Gasteiger partial charge in [-0.05, 0) is 25.8 Å². The van der Waals surface area contributed by atoms with Crippen LogP contribution in [0.5, 0.6) is 5.75 Å². The van der Waals surface area contributed by atoms with E-state index in [1.54, 1.807) is 12.4 Å². The molecule has 0 radical (unpaired) electrons. The van der Waals surface area contributed by atoms with Gasteiger partial charge in [0.1, 0.15) is 0 Å². The van der Waals surface area contributed by atoms with Crippen LogP contribution >= 0.6 is 0 Å². The Hall–Kier alpha value is -1.40. The summed E-state index contributed by atoms with van der Waals surface area (Å²) in [7, 11) is 0. The minimum atomic E-state index is -0.569. The average molecular weight is 266 g/mol. The number of aromatic nitrogens is 2. The van der Waals surface area contributed by atoms with Crippen LogP contribution in [0.3, 0.4) is 0 Å². The van der Waals surface area contributed by atoms with Crippen molar-refractivity contribution in [1.29, 1.82) is 0 Å². The van der Waals surface area contributed by atoms with Gasteiger partial charge in [0.25, 0.3) is 0 Å². The number of nitrogens with two attached hydrogens (primary N) is 1. The molecule has 0 aromatic carbocycles. The van der Waals surface area contributed by atoms with Crippen molar-refractivity contribution in [1.82, 2.24) is 9.97 Å². The molecule has 1 aromatic rings. The Balaban J connectivity index is 1.79. The predicted octanol–water partition coefficient (Wildman–Crippen LogP) is 0.555. The molecule has 0 aliphatic carbocycles. The first kappa shape index (κ1) is 14.0. The first-order valence-electron chi connectivity index (χ1n) is 6.79. The van der Waals surface area contributed by atoms with E-state index in [-0.39, 0.29) is 0 Å². The van der Waals surface area contributed by atoms with Crippen LogP contribution in [-0.2, 0) is 0 Å². The van der Waals surface area contributed by atoms with Gasteiger partial charge in [-0.15, -0.1) is 0 Å². The molecule has 0 saturated carbocycles. The van der Waals surface area contributed by atoms with Gasteiger partial charge in [0.2, 0.25) is 5.95 Å². The zero-order chi connectivity index (χ0) is 13.7. The molecule has 19 heavy (non-hydrogen) atoms. The van der Waals surface area contributed by atoms with Gasteiger partial charge in [0, 0.05) is 0 Å². The standard InChI is InChI=1S/C13H22N4O2/c1-2-13(18)9-17(10-13)12-15-7-11(8-16-12)19-6-4-3-5-14/h7-8,18H,2-6,9-10,14H2,1H3. The minimum Gasteiger partial charge on any atom is -0.490 e. The van der Waals surface area contributed by atoms with Crippen LogP contribution in [0.25, 0.3) is 0 Å². The second-order valence-corrected chi connectivity index (χ2v) is 5.00. The van der Waals surface area contributed by atoms with Gasteiger partial charge in [-0.3, -0.25) is 0 Å². The van der Waals surface area contributed by atoms with Crippen molar-refractivity contribution in [3.63, 3.8) is 0 Å². The number of aliphatic hydroxyl groups is 1. The lowest BCUT2D eigenvalue weighted by Crippen LogP contribution is -2.62. The molecule has 2 heterocycles. The summed E-state index contributed by atoms with van der Waals surface area (Å²) in [5.74, 6) is 1.32. The van der Waals surface area contributed by atoms with Gasteiger partial charge in [0.15, 0.2) is 5.75 Å². The number of hydrogen-bond acceptors (Lipinski definition) is 6. The van der Waals surface area contributed by atoms with Crippen molar-refractivity contribution in [2.75, 3.05) is 31.1 Å². The highest BCUT2D eigenvalue weighted by Gasteiger charge is 2.40. The normalized spacial score (nSPS) is 17.1. The third kappa shape index (κ3) is 3.54. The summed E-state index contributed by atoms with van der Waals surface area (Å²) in [6.07, 6.45) is 6.00. The Kier molecular flexibility index (Phi) is 4.55. The highest BCUT2D eigenvalue weighted by Crippen LogP contribution is 2.27. The van der Waals surface area contributed by atoms with Crippen LogP contribution in [0.15, 0.2) is 12.4 Å².